The van der Waals surface area contributed by atoms with E-state index in [-0.39, 0.29) is 11.2 Å². The minimum atomic E-state index is -0.568. The second kappa shape index (κ2) is 8.61. The van der Waals surface area contributed by atoms with Gasteiger partial charge in [0.05, 0.1) is 6.54 Å². The molecule has 0 saturated heterocycles. The van der Waals surface area contributed by atoms with Crippen LogP contribution in [0.4, 0.5) is 0 Å². The molecule has 7 heteroatoms. The molecule has 1 heterocycles. The van der Waals surface area contributed by atoms with Crippen molar-refractivity contribution in [1.82, 2.24) is 10.6 Å². The summed E-state index contributed by atoms with van der Waals surface area (Å²) in [7, 11) is 1.74. The second-order valence-electron chi connectivity index (χ2n) is 6.90. The van der Waals surface area contributed by atoms with Crippen molar-refractivity contribution in [2.24, 2.45) is 10.7 Å². The molecule has 1 aliphatic rings. The molecule has 0 bridgehead atoms. The number of nitrogens with zero attached hydrogens (tertiary/aromatic N) is 1. The Morgan fingerprint density at radius 1 is 1.19 bits per heavy atom. The van der Waals surface area contributed by atoms with Gasteiger partial charge in [0, 0.05) is 23.5 Å². The summed E-state index contributed by atoms with van der Waals surface area (Å²) in [4.78, 5) is 15.4. The summed E-state index contributed by atoms with van der Waals surface area (Å²) in [6, 6.07) is 12.0. The number of aliphatic imine (C=N–C) groups is 1. The molecule has 4 N–H and O–H groups in total. The SMILES string of the molecule is CN=C(NCc1ccc(C(N)=O)o1)NCC1(c2ccc(Br)cc2)CCCC1. The van der Waals surface area contributed by atoms with Crippen molar-refractivity contribution in [3.05, 3.63) is 58.0 Å². The van der Waals surface area contributed by atoms with Crippen LogP contribution in [0.2, 0.25) is 0 Å². The zero-order chi connectivity index (χ0) is 19.3. The molecule has 1 amide bonds. The van der Waals surface area contributed by atoms with E-state index in [1.165, 1.54) is 31.2 Å². The number of carbonyl (C=O) groups excluding carboxylic acids is 1. The van der Waals surface area contributed by atoms with E-state index in [9.17, 15) is 4.79 Å². The summed E-state index contributed by atoms with van der Waals surface area (Å²) in [6.07, 6.45) is 4.82. The number of nitrogens with one attached hydrogen (secondary N) is 2. The van der Waals surface area contributed by atoms with Crippen molar-refractivity contribution in [2.75, 3.05) is 13.6 Å². The zero-order valence-corrected chi connectivity index (χ0v) is 17.0. The molecule has 1 aromatic carbocycles. The van der Waals surface area contributed by atoms with E-state index in [2.05, 4.69) is 55.8 Å². The fourth-order valence-corrected chi connectivity index (χ4v) is 3.94. The number of rotatable bonds is 6. The molecule has 0 atom stereocenters. The van der Waals surface area contributed by atoms with Gasteiger partial charge in [0.1, 0.15) is 5.76 Å². The van der Waals surface area contributed by atoms with Gasteiger partial charge in [0.2, 0.25) is 0 Å². The first kappa shape index (κ1) is 19.5. The van der Waals surface area contributed by atoms with E-state index in [1.807, 2.05) is 0 Å². The highest BCUT2D eigenvalue weighted by Gasteiger charge is 2.35. The van der Waals surface area contributed by atoms with Gasteiger partial charge >= 0.3 is 0 Å². The molecule has 0 unspecified atom stereocenters. The summed E-state index contributed by atoms with van der Waals surface area (Å²) in [5, 5.41) is 6.68. The molecule has 0 spiro atoms. The van der Waals surface area contributed by atoms with Crippen LogP contribution in [0.3, 0.4) is 0 Å². The van der Waals surface area contributed by atoms with Crippen LogP contribution in [0.15, 0.2) is 50.3 Å². The molecule has 6 nitrogen and oxygen atoms in total. The minimum absolute atomic E-state index is 0.127. The van der Waals surface area contributed by atoms with Crippen LogP contribution in [0.1, 0.15) is 47.6 Å². The van der Waals surface area contributed by atoms with Crippen LogP contribution in [0.25, 0.3) is 0 Å². The van der Waals surface area contributed by atoms with E-state index in [1.54, 1.807) is 19.2 Å². The van der Waals surface area contributed by atoms with Crippen molar-refractivity contribution in [3.63, 3.8) is 0 Å². The summed E-state index contributed by atoms with van der Waals surface area (Å²) in [6.45, 7) is 1.25. The van der Waals surface area contributed by atoms with Gasteiger partial charge in [0.15, 0.2) is 11.7 Å². The van der Waals surface area contributed by atoms with Crippen LogP contribution < -0.4 is 16.4 Å². The molecule has 0 radical (unpaired) electrons. The standard InChI is InChI=1S/C20H25BrN4O2/c1-23-19(24-12-16-8-9-17(27-16)18(22)26)25-13-20(10-2-3-11-20)14-4-6-15(21)7-5-14/h4-9H,2-3,10-13H2,1H3,(H2,22,26)(H2,23,24,25). The molecular weight excluding hydrogens is 408 g/mol. The van der Waals surface area contributed by atoms with Crippen molar-refractivity contribution in [1.29, 1.82) is 0 Å². The molecule has 1 saturated carbocycles. The highest BCUT2D eigenvalue weighted by Crippen LogP contribution is 2.40. The van der Waals surface area contributed by atoms with Crippen molar-refractivity contribution in [3.8, 4) is 0 Å². The monoisotopic (exact) mass is 432 g/mol. The maximum Gasteiger partial charge on any atom is 0.284 e. The van der Waals surface area contributed by atoms with Crippen LogP contribution in [0, 0.1) is 0 Å². The Kier molecular flexibility index (Phi) is 6.21. The predicted molar refractivity (Wildman–Crippen MR) is 110 cm³/mol. The number of halogens is 1. The van der Waals surface area contributed by atoms with Gasteiger partial charge in [-0.25, -0.2) is 0 Å². The molecule has 1 aromatic heterocycles. The molecule has 144 valence electrons. The first-order valence-electron chi connectivity index (χ1n) is 9.11. The zero-order valence-electron chi connectivity index (χ0n) is 15.4. The number of primary amides is 1. The molecule has 2 aromatic rings. The fraction of sp³-hybridized carbons (Fsp3) is 0.400. The third-order valence-electron chi connectivity index (χ3n) is 5.17. The summed E-state index contributed by atoms with van der Waals surface area (Å²) in [5.74, 6) is 0.932. The van der Waals surface area contributed by atoms with E-state index < -0.39 is 5.91 Å². The Hall–Kier alpha value is -2.28. The fourth-order valence-electron chi connectivity index (χ4n) is 3.67. The average molecular weight is 433 g/mol. The topological polar surface area (TPSA) is 92.6 Å². The van der Waals surface area contributed by atoms with Gasteiger partial charge in [-0.2, -0.15) is 0 Å². The Morgan fingerprint density at radius 3 is 2.48 bits per heavy atom. The quantitative estimate of drug-likeness (QED) is 0.482. The van der Waals surface area contributed by atoms with Gasteiger partial charge in [-0.3, -0.25) is 9.79 Å². The van der Waals surface area contributed by atoms with Gasteiger partial charge in [-0.15, -0.1) is 0 Å². The summed E-state index contributed by atoms with van der Waals surface area (Å²) >= 11 is 3.52. The predicted octanol–water partition coefficient (Wildman–Crippen LogP) is 3.32. The average Bonchev–Trinajstić information content (AvgIpc) is 3.33. The van der Waals surface area contributed by atoms with Crippen LogP contribution in [-0.4, -0.2) is 25.5 Å². The number of furan rings is 1. The molecule has 1 aliphatic carbocycles. The van der Waals surface area contributed by atoms with Gasteiger partial charge in [-0.1, -0.05) is 40.9 Å². The minimum Gasteiger partial charge on any atom is -0.454 e. The van der Waals surface area contributed by atoms with E-state index >= 15 is 0 Å². The summed E-state index contributed by atoms with van der Waals surface area (Å²) in [5.41, 5.74) is 6.71. The molecular formula is C20H25BrN4O2. The summed E-state index contributed by atoms with van der Waals surface area (Å²) < 4.78 is 6.49. The smallest absolute Gasteiger partial charge is 0.284 e. The number of carbonyl (C=O) groups is 1. The van der Waals surface area contributed by atoms with E-state index in [0.717, 1.165) is 11.0 Å². The number of amides is 1. The number of hydrogen-bond donors (Lipinski definition) is 3. The number of hydrogen-bond acceptors (Lipinski definition) is 3. The van der Waals surface area contributed by atoms with Crippen LogP contribution >= 0.6 is 15.9 Å². The third kappa shape index (κ3) is 4.71. The highest BCUT2D eigenvalue weighted by molar-refractivity contribution is 9.10. The lowest BCUT2D eigenvalue weighted by molar-refractivity contribution is 0.0972. The number of nitrogens with two attached hydrogens (primary N) is 1. The largest absolute Gasteiger partial charge is 0.454 e. The molecule has 1 fully saturated rings. The van der Waals surface area contributed by atoms with Crippen molar-refractivity contribution < 1.29 is 9.21 Å². The Morgan fingerprint density at radius 2 is 1.89 bits per heavy atom. The van der Waals surface area contributed by atoms with Gasteiger partial charge in [-0.05, 0) is 42.7 Å². The van der Waals surface area contributed by atoms with Gasteiger partial charge in [0.25, 0.3) is 5.91 Å². The lowest BCUT2D eigenvalue weighted by Crippen LogP contribution is -2.44. The maximum absolute atomic E-state index is 11.1. The van der Waals surface area contributed by atoms with Crippen LogP contribution in [-0.2, 0) is 12.0 Å². The lowest BCUT2D eigenvalue weighted by atomic mass is 9.79. The highest BCUT2D eigenvalue weighted by atomic mass is 79.9. The lowest BCUT2D eigenvalue weighted by Gasteiger charge is -2.31. The molecule has 3 rings (SSSR count). The normalized spacial score (nSPS) is 16.3. The Bertz CT molecular complexity index is 808. The number of benzene rings is 1. The van der Waals surface area contributed by atoms with E-state index in [0.29, 0.717) is 18.3 Å². The van der Waals surface area contributed by atoms with Gasteiger partial charge < -0.3 is 20.8 Å². The first-order valence-corrected chi connectivity index (χ1v) is 9.91. The molecule has 0 aliphatic heterocycles. The van der Waals surface area contributed by atoms with E-state index in [4.69, 9.17) is 10.2 Å². The Labute approximate surface area is 167 Å². The van der Waals surface area contributed by atoms with Crippen molar-refractivity contribution >= 4 is 27.8 Å². The first-order chi connectivity index (χ1) is 13.0. The maximum atomic E-state index is 11.1. The van der Waals surface area contributed by atoms with Crippen LogP contribution in [0.5, 0.6) is 0 Å². The Balaban J connectivity index is 1.61. The number of guanidine groups is 1. The second-order valence-corrected chi connectivity index (χ2v) is 7.82. The van der Waals surface area contributed by atoms with Crippen molar-refractivity contribution in [2.45, 2.75) is 37.6 Å². The third-order valence-corrected chi connectivity index (χ3v) is 5.70. The molecule has 27 heavy (non-hydrogen) atoms.